The maximum absolute atomic E-state index is 14.2. The number of carbonyl (C=O) groups excluding carboxylic acids is 2. The highest BCUT2D eigenvalue weighted by molar-refractivity contribution is 7.99. The molecule has 38 heavy (non-hydrogen) atoms. The molecule has 0 radical (unpaired) electrons. The molecule has 1 heterocycles. The first-order valence-corrected chi connectivity index (χ1v) is 12.5. The van der Waals surface area contributed by atoms with Gasteiger partial charge in [-0.05, 0) is 54.6 Å². The monoisotopic (exact) mass is 535 g/mol. The Morgan fingerprint density at radius 2 is 1.47 bits per heavy atom. The highest BCUT2D eigenvalue weighted by Gasteiger charge is 2.35. The molecule has 1 aliphatic heterocycles. The van der Waals surface area contributed by atoms with E-state index in [1.165, 1.54) is 29.8 Å². The molecule has 2 N–H and O–H groups in total. The van der Waals surface area contributed by atoms with Crippen LogP contribution in [-0.2, 0) is 0 Å². The third-order valence-electron chi connectivity index (χ3n) is 5.99. The van der Waals surface area contributed by atoms with Gasteiger partial charge >= 0.3 is 12.1 Å². The lowest BCUT2D eigenvalue weighted by Crippen LogP contribution is -2.50. The van der Waals surface area contributed by atoms with Gasteiger partial charge in [-0.3, -0.25) is 9.69 Å². The van der Waals surface area contributed by atoms with Gasteiger partial charge in [-0.1, -0.05) is 17.8 Å². The number of methoxy groups -OCH3 is 1. The lowest BCUT2D eigenvalue weighted by molar-refractivity contribution is 0.0797. The van der Waals surface area contributed by atoms with E-state index in [4.69, 9.17) is 4.74 Å². The number of carboxylic acid groups (broad SMARTS) is 1. The van der Waals surface area contributed by atoms with E-state index in [1.807, 2.05) is 74.4 Å². The molecular weight excluding hydrogens is 506 g/mol. The van der Waals surface area contributed by atoms with E-state index < -0.39 is 24.7 Å². The van der Waals surface area contributed by atoms with Gasteiger partial charge in [-0.2, -0.15) is 0 Å². The number of nitrogens with zero attached hydrogens (tertiary/aromatic N) is 4. The highest BCUT2D eigenvalue weighted by Crippen LogP contribution is 2.50. The molecule has 0 unspecified atom stereocenters. The van der Waals surface area contributed by atoms with E-state index in [9.17, 15) is 19.5 Å². The number of anilines is 4. The molecule has 4 rings (SSSR count). The van der Waals surface area contributed by atoms with Crippen LogP contribution < -0.4 is 24.8 Å². The Balaban J connectivity index is 1.84. The van der Waals surface area contributed by atoms with Gasteiger partial charge in [0.05, 0.1) is 18.5 Å². The third kappa shape index (κ3) is 5.32. The molecule has 1 aliphatic rings. The molecule has 0 atom stereocenters. The van der Waals surface area contributed by atoms with Gasteiger partial charge in [0.15, 0.2) is 0 Å². The molecule has 0 bridgehead atoms. The number of hydrogen-bond donors (Lipinski definition) is 2. The zero-order valence-corrected chi connectivity index (χ0v) is 22.6. The average molecular weight is 536 g/mol. The first-order valence-electron chi connectivity index (χ1n) is 11.7. The van der Waals surface area contributed by atoms with Crippen LogP contribution in [-0.4, -0.2) is 70.0 Å². The van der Waals surface area contributed by atoms with E-state index in [1.54, 1.807) is 18.2 Å². The van der Waals surface area contributed by atoms with Crippen LogP contribution in [0.4, 0.5) is 32.3 Å². The van der Waals surface area contributed by atoms with E-state index in [0.717, 1.165) is 26.1 Å². The van der Waals surface area contributed by atoms with Crippen molar-refractivity contribution in [3.63, 3.8) is 0 Å². The Labute approximate surface area is 225 Å². The quantitative estimate of drug-likeness (QED) is 0.429. The number of rotatable bonds is 6. The van der Waals surface area contributed by atoms with Gasteiger partial charge < -0.3 is 25.0 Å². The molecule has 3 aromatic carbocycles. The first-order chi connectivity index (χ1) is 18.1. The number of imide groups is 1. The molecular formula is C27H29N5O5S. The molecule has 11 heteroatoms. The summed E-state index contributed by atoms with van der Waals surface area (Å²) in [4.78, 5) is 47.1. The smallest absolute Gasteiger partial charge is 0.406 e. The third-order valence-corrected chi connectivity index (χ3v) is 7.09. The second-order valence-electron chi connectivity index (χ2n) is 8.92. The standard InChI is InChI=1S/C27H29N5O5S/c1-29(2)18-9-11-21-23(14-18)38-24-15-19(30(3)4)10-12-22(24)32(21)27(36)31(16-28-26(34)35)25(33)17-7-6-8-20(13-17)37-5/h6-15,28H,16H2,1-5H3,(H,34,35). The highest BCUT2D eigenvalue weighted by atomic mass is 32.2. The molecule has 0 aliphatic carbocycles. The van der Waals surface area contributed by atoms with Gasteiger partial charge in [-0.15, -0.1) is 0 Å². The maximum Gasteiger partial charge on any atom is 0.406 e. The number of fused-ring (bicyclic) bond motifs is 2. The summed E-state index contributed by atoms with van der Waals surface area (Å²) in [7, 11) is 9.21. The van der Waals surface area contributed by atoms with Crippen LogP contribution in [0.5, 0.6) is 5.75 Å². The molecule has 0 saturated carbocycles. The Bertz CT molecular complexity index is 1340. The fourth-order valence-electron chi connectivity index (χ4n) is 3.95. The van der Waals surface area contributed by atoms with Crippen LogP contribution in [0.15, 0.2) is 70.5 Å². The fourth-order valence-corrected chi connectivity index (χ4v) is 5.08. The van der Waals surface area contributed by atoms with E-state index in [-0.39, 0.29) is 5.56 Å². The summed E-state index contributed by atoms with van der Waals surface area (Å²) in [5.74, 6) is -0.231. The lowest BCUT2D eigenvalue weighted by Gasteiger charge is -2.35. The number of urea groups is 1. The Morgan fingerprint density at radius 3 is 1.97 bits per heavy atom. The van der Waals surface area contributed by atoms with Crippen molar-refractivity contribution in [2.45, 2.75) is 9.79 Å². The number of benzene rings is 3. The minimum Gasteiger partial charge on any atom is -0.497 e. The SMILES string of the molecule is COc1cccc(C(=O)N(CNC(=O)O)C(=O)N2c3ccc(N(C)C)cc3Sc3cc(N(C)C)ccc32)c1. The van der Waals surface area contributed by atoms with Crippen LogP contribution in [0.2, 0.25) is 0 Å². The topological polar surface area (TPSA) is 106 Å². The van der Waals surface area contributed by atoms with Crippen molar-refractivity contribution >= 4 is 52.5 Å². The Hall–Kier alpha value is -4.38. The van der Waals surface area contributed by atoms with Crippen molar-refractivity contribution in [2.75, 3.05) is 56.7 Å². The summed E-state index contributed by atoms with van der Waals surface area (Å²) in [5.41, 5.74) is 3.27. The van der Waals surface area contributed by atoms with Gasteiger partial charge in [0, 0.05) is 54.9 Å². The number of nitrogens with one attached hydrogen (secondary N) is 1. The van der Waals surface area contributed by atoms with Crippen molar-refractivity contribution in [3.8, 4) is 5.75 Å². The largest absolute Gasteiger partial charge is 0.497 e. The first kappa shape index (κ1) is 26.7. The molecule has 0 fully saturated rings. The predicted molar refractivity (Wildman–Crippen MR) is 148 cm³/mol. The number of ether oxygens (including phenoxy) is 1. The molecule has 0 saturated heterocycles. The molecule has 4 amide bonds. The predicted octanol–water partition coefficient (Wildman–Crippen LogP) is 4.92. The van der Waals surface area contributed by atoms with Crippen molar-refractivity contribution < 1.29 is 24.2 Å². The molecule has 198 valence electrons. The lowest BCUT2D eigenvalue weighted by atomic mass is 10.1. The fraction of sp³-hybridized carbons (Fsp3) is 0.222. The van der Waals surface area contributed by atoms with E-state index in [2.05, 4.69) is 5.32 Å². The van der Waals surface area contributed by atoms with E-state index in [0.29, 0.717) is 17.1 Å². The summed E-state index contributed by atoms with van der Waals surface area (Å²) in [6.45, 7) is -0.538. The molecule has 3 aromatic rings. The summed E-state index contributed by atoms with van der Waals surface area (Å²) in [6.07, 6.45) is -1.36. The second kappa shape index (κ2) is 10.9. The minimum absolute atomic E-state index is 0.183. The summed E-state index contributed by atoms with van der Waals surface area (Å²) < 4.78 is 5.23. The van der Waals surface area contributed by atoms with Gasteiger partial charge in [0.1, 0.15) is 12.4 Å². The Morgan fingerprint density at radius 1 is 0.895 bits per heavy atom. The van der Waals surface area contributed by atoms with Crippen molar-refractivity contribution in [2.24, 2.45) is 0 Å². The zero-order valence-electron chi connectivity index (χ0n) is 21.8. The van der Waals surface area contributed by atoms with Crippen LogP contribution in [0, 0.1) is 0 Å². The van der Waals surface area contributed by atoms with Crippen LogP contribution >= 0.6 is 11.8 Å². The van der Waals surface area contributed by atoms with Crippen LogP contribution in [0.3, 0.4) is 0 Å². The number of carbonyl (C=O) groups is 3. The maximum atomic E-state index is 14.2. The summed E-state index contributed by atoms with van der Waals surface area (Å²) in [6, 6.07) is 17.1. The van der Waals surface area contributed by atoms with Crippen LogP contribution in [0.1, 0.15) is 10.4 Å². The summed E-state index contributed by atoms with van der Waals surface area (Å²) >= 11 is 1.53. The number of hydrogen-bond acceptors (Lipinski definition) is 7. The molecule has 10 nitrogen and oxygen atoms in total. The van der Waals surface area contributed by atoms with Crippen molar-refractivity contribution in [1.29, 1.82) is 0 Å². The van der Waals surface area contributed by atoms with Crippen molar-refractivity contribution in [3.05, 3.63) is 66.2 Å². The molecule has 0 aromatic heterocycles. The minimum atomic E-state index is -1.36. The van der Waals surface area contributed by atoms with Crippen LogP contribution in [0.25, 0.3) is 0 Å². The van der Waals surface area contributed by atoms with Gasteiger partial charge in [-0.25, -0.2) is 14.5 Å². The van der Waals surface area contributed by atoms with Gasteiger partial charge in [0.25, 0.3) is 5.91 Å². The average Bonchev–Trinajstić information content (AvgIpc) is 2.90. The second-order valence-corrected chi connectivity index (χ2v) is 10.0. The van der Waals surface area contributed by atoms with Gasteiger partial charge in [0.2, 0.25) is 0 Å². The normalized spacial score (nSPS) is 11.7. The Kier molecular flexibility index (Phi) is 7.67. The van der Waals surface area contributed by atoms with E-state index >= 15 is 0 Å². The zero-order chi connectivity index (χ0) is 27.6. The van der Waals surface area contributed by atoms with Crippen molar-refractivity contribution in [1.82, 2.24) is 10.2 Å². The summed E-state index contributed by atoms with van der Waals surface area (Å²) in [5, 5.41) is 11.4. The number of amides is 4. The molecule has 0 spiro atoms.